The number of hydrogen-bond donors (Lipinski definition) is 0. The van der Waals surface area contributed by atoms with Gasteiger partial charge in [-0.2, -0.15) is 0 Å². The van der Waals surface area contributed by atoms with Crippen LogP contribution in [0, 0.1) is 0 Å². The van der Waals surface area contributed by atoms with Gasteiger partial charge in [-0.05, 0) is 47.9 Å². The molecule has 0 bridgehead atoms. The van der Waals surface area contributed by atoms with Gasteiger partial charge >= 0.3 is 0 Å². The van der Waals surface area contributed by atoms with Crippen LogP contribution in [0.25, 0.3) is 0 Å². The maximum Gasteiger partial charge on any atom is 0.254 e. The molecular weight excluding hydrogens is 530 g/mol. The number of carbonyl (C=O) groups is 2. The van der Waals surface area contributed by atoms with E-state index in [2.05, 4.69) is 16.7 Å². The van der Waals surface area contributed by atoms with Crippen LogP contribution in [-0.4, -0.2) is 67.2 Å². The van der Waals surface area contributed by atoms with Crippen molar-refractivity contribution in [3.8, 4) is 11.5 Å². The standard InChI is InChI=1S/C34H39N3O5/c1-40-21-11-20-36(34(39)29-17-18-31(41-2)32(22-29)42-3)26-33(38)37(24-28-14-8-5-9-15-28)25-30-16-10-19-35(30)23-27-12-6-4-7-13-27/h4-10,12-19,22H,11,20-21,23-26H2,1-3H3. The van der Waals surface area contributed by atoms with E-state index in [0.717, 1.165) is 11.3 Å². The second-order valence-electron chi connectivity index (χ2n) is 9.99. The molecule has 3 aromatic carbocycles. The zero-order valence-corrected chi connectivity index (χ0v) is 24.6. The number of ether oxygens (including phenoxy) is 3. The minimum absolute atomic E-state index is 0.0663. The number of amides is 2. The van der Waals surface area contributed by atoms with Crippen molar-refractivity contribution in [3.05, 3.63) is 120 Å². The van der Waals surface area contributed by atoms with Gasteiger partial charge in [0.2, 0.25) is 5.91 Å². The molecule has 42 heavy (non-hydrogen) atoms. The minimum Gasteiger partial charge on any atom is -0.493 e. The molecule has 0 saturated heterocycles. The summed E-state index contributed by atoms with van der Waals surface area (Å²) in [7, 11) is 4.70. The monoisotopic (exact) mass is 569 g/mol. The van der Waals surface area contributed by atoms with Crippen molar-refractivity contribution >= 4 is 11.8 Å². The molecule has 0 saturated carbocycles. The van der Waals surface area contributed by atoms with E-state index in [9.17, 15) is 9.59 Å². The summed E-state index contributed by atoms with van der Waals surface area (Å²) in [5.41, 5.74) is 3.63. The Kier molecular flexibility index (Phi) is 11.2. The first-order valence-electron chi connectivity index (χ1n) is 14.0. The third kappa shape index (κ3) is 8.24. The lowest BCUT2D eigenvalue weighted by atomic mass is 10.1. The number of nitrogens with zero attached hydrogens (tertiary/aromatic N) is 3. The topological polar surface area (TPSA) is 73.2 Å². The van der Waals surface area contributed by atoms with Crippen molar-refractivity contribution in [2.24, 2.45) is 0 Å². The lowest BCUT2D eigenvalue weighted by Gasteiger charge is -2.28. The first-order valence-corrected chi connectivity index (χ1v) is 14.0. The molecule has 4 aromatic rings. The minimum atomic E-state index is -0.257. The van der Waals surface area contributed by atoms with Crippen LogP contribution in [-0.2, 0) is 29.2 Å². The molecule has 0 aliphatic heterocycles. The van der Waals surface area contributed by atoms with Crippen LogP contribution < -0.4 is 9.47 Å². The number of methoxy groups -OCH3 is 3. The van der Waals surface area contributed by atoms with E-state index in [1.54, 1.807) is 37.3 Å². The molecule has 0 radical (unpaired) electrons. The van der Waals surface area contributed by atoms with Gasteiger partial charge in [-0.25, -0.2) is 0 Å². The van der Waals surface area contributed by atoms with Gasteiger partial charge in [0.25, 0.3) is 5.91 Å². The quantitative estimate of drug-likeness (QED) is 0.183. The average Bonchev–Trinajstić information content (AvgIpc) is 3.46. The Hall–Kier alpha value is -4.56. The zero-order chi connectivity index (χ0) is 29.7. The molecule has 8 nitrogen and oxygen atoms in total. The molecule has 1 heterocycles. The third-order valence-electron chi connectivity index (χ3n) is 7.06. The summed E-state index contributed by atoms with van der Waals surface area (Å²) in [6.45, 7) is 2.32. The van der Waals surface area contributed by atoms with Crippen LogP contribution in [0.3, 0.4) is 0 Å². The van der Waals surface area contributed by atoms with Crippen molar-refractivity contribution in [2.45, 2.75) is 26.1 Å². The van der Waals surface area contributed by atoms with Crippen molar-refractivity contribution < 1.29 is 23.8 Å². The zero-order valence-electron chi connectivity index (χ0n) is 24.6. The number of aromatic nitrogens is 1. The first kappa shape index (κ1) is 30.4. The highest BCUT2D eigenvalue weighted by Crippen LogP contribution is 2.28. The molecule has 8 heteroatoms. The van der Waals surface area contributed by atoms with Gasteiger partial charge in [-0.1, -0.05) is 60.7 Å². The molecule has 0 fully saturated rings. The van der Waals surface area contributed by atoms with Crippen molar-refractivity contribution in [2.75, 3.05) is 41.0 Å². The number of rotatable bonds is 15. The Morgan fingerprint density at radius 3 is 2.10 bits per heavy atom. The SMILES string of the molecule is COCCCN(CC(=O)N(Cc1ccccc1)Cc1cccn1Cc1ccccc1)C(=O)c1ccc(OC)c(OC)c1. The van der Waals surface area contributed by atoms with Crippen molar-refractivity contribution in [3.63, 3.8) is 0 Å². The van der Waals surface area contributed by atoms with Gasteiger partial charge in [0.15, 0.2) is 11.5 Å². The van der Waals surface area contributed by atoms with Crippen molar-refractivity contribution in [1.29, 1.82) is 0 Å². The second kappa shape index (κ2) is 15.4. The largest absolute Gasteiger partial charge is 0.493 e. The highest BCUT2D eigenvalue weighted by atomic mass is 16.5. The van der Waals surface area contributed by atoms with Gasteiger partial charge in [0, 0.05) is 50.8 Å². The Labute approximate surface area is 248 Å². The summed E-state index contributed by atoms with van der Waals surface area (Å²) >= 11 is 0. The van der Waals surface area contributed by atoms with E-state index in [4.69, 9.17) is 14.2 Å². The molecule has 0 unspecified atom stereocenters. The average molecular weight is 570 g/mol. The lowest BCUT2D eigenvalue weighted by molar-refractivity contribution is -0.133. The molecule has 2 amide bonds. The molecule has 220 valence electrons. The van der Waals surface area contributed by atoms with Crippen molar-refractivity contribution in [1.82, 2.24) is 14.4 Å². The summed E-state index contributed by atoms with van der Waals surface area (Å²) in [4.78, 5) is 31.1. The Morgan fingerprint density at radius 2 is 1.43 bits per heavy atom. The van der Waals surface area contributed by atoms with Gasteiger partial charge in [0.05, 0.1) is 20.8 Å². The Morgan fingerprint density at radius 1 is 0.738 bits per heavy atom. The maximum atomic E-state index is 14.0. The molecule has 4 rings (SSSR count). The van der Waals surface area contributed by atoms with E-state index in [0.29, 0.717) is 56.3 Å². The summed E-state index contributed by atoms with van der Waals surface area (Å²) in [6.07, 6.45) is 2.63. The molecule has 0 atom stereocenters. The molecular formula is C34H39N3O5. The lowest BCUT2D eigenvalue weighted by Crippen LogP contribution is -2.43. The van der Waals surface area contributed by atoms with Crippen LogP contribution in [0.1, 0.15) is 33.6 Å². The van der Waals surface area contributed by atoms with Crippen LogP contribution >= 0.6 is 0 Å². The molecule has 0 aliphatic rings. The van der Waals surface area contributed by atoms with Gasteiger partial charge in [0.1, 0.15) is 6.54 Å². The summed E-state index contributed by atoms with van der Waals surface area (Å²) in [5.74, 6) is 0.588. The van der Waals surface area contributed by atoms with Crippen LogP contribution in [0.5, 0.6) is 11.5 Å². The maximum absolute atomic E-state index is 14.0. The predicted molar refractivity (Wildman–Crippen MR) is 163 cm³/mol. The first-order chi connectivity index (χ1) is 20.5. The molecule has 0 spiro atoms. The van der Waals surface area contributed by atoms with Crippen LogP contribution in [0.2, 0.25) is 0 Å². The van der Waals surface area contributed by atoms with E-state index >= 15 is 0 Å². The summed E-state index contributed by atoms with van der Waals surface area (Å²) in [5, 5.41) is 0. The second-order valence-corrected chi connectivity index (χ2v) is 9.99. The van der Waals surface area contributed by atoms with Crippen LogP contribution in [0.15, 0.2) is 97.2 Å². The van der Waals surface area contributed by atoms with Crippen LogP contribution in [0.4, 0.5) is 0 Å². The number of hydrogen-bond acceptors (Lipinski definition) is 5. The molecule has 0 N–H and O–H groups in total. The normalized spacial score (nSPS) is 10.7. The van der Waals surface area contributed by atoms with E-state index in [1.165, 1.54) is 12.7 Å². The molecule has 0 aliphatic carbocycles. The Bertz CT molecular complexity index is 1420. The molecule has 1 aromatic heterocycles. The number of carbonyl (C=O) groups excluding carboxylic acids is 2. The van der Waals surface area contributed by atoms with E-state index in [-0.39, 0.29) is 18.4 Å². The van der Waals surface area contributed by atoms with E-state index in [1.807, 2.05) is 71.8 Å². The van der Waals surface area contributed by atoms with Gasteiger partial charge < -0.3 is 28.6 Å². The summed E-state index contributed by atoms with van der Waals surface area (Å²) < 4.78 is 18.1. The third-order valence-corrected chi connectivity index (χ3v) is 7.06. The Balaban J connectivity index is 1.58. The van der Waals surface area contributed by atoms with Gasteiger partial charge in [-0.15, -0.1) is 0 Å². The predicted octanol–water partition coefficient (Wildman–Crippen LogP) is 5.26. The number of benzene rings is 3. The fraction of sp³-hybridized carbons (Fsp3) is 0.294. The fourth-order valence-electron chi connectivity index (χ4n) is 4.83. The highest BCUT2D eigenvalue weighted by molar-refractivity contribution is 5.97. The van der Waals surface area contributed by atoms with Gasteiger partial charge in [-0.3, -0.25) is 9.59 Å². The van der Waals surface area contributed by atoms with E-state index < -0.39 is 0 Å². The smallest absolute Gasteiger partial charge is 0.254 e. The fourth-order valence-corrected chi connectivity index (χ4v) is 4.83. The summed E-state index contributed by atoms with van der Waals surface area (Å²) in [6, 6.07) is 29.2. The highest BCUT2D eigenvalue weighted by Gasteiger charge is 2.24.